The summed E-state index contributed by atoms with van der Waals surface area (Å²) >= 11 is 0. The molecule has 1 N–H and O–H groups in total. The number of pyridine rings is 1. The highest BCUT2D eigenvalue weighted by Gasteiger charge is 2.28. The number of nitrogens with zero attached hydrogens (tertiary/aromatic N) is 2. The van der Waals surface area contributed by atoms with Gasteiger partial charge in [0.15, 0.2) is 0 Å². The summed E-state index contributed by atoms with van der Waals surface area (Å²) in [6, 6.07) is 7.52. The molecule has 3 rings (SSSR count). The highest BCUT2D eigenvalue weighted by molar-refractivity contribution is 6.06. The van der Waals surface area contributed by atoms with E-state index in [4.69, 9.17) is 4.84 Å². The molecular formula is C15H16N2O3. The molecule has 1 aromatic heterocycles. The predicted octanol–water partition coefficient (Wildman–Crippen LogP) is 1.60. The lowest BCUT2D eigenvalue weighted by molar-refractivity contribution is -0.0778. The van der Waals surface area contributed by atoms with Crippen molar-refractivity contribution in [3.05, 3.63) is 41.1 Å². The minimum Gasteiger partial charge on any atom is -0.389 e. The predicted molar refractivity (Wildman–Crippen MR) is 74.2 cm³/mol. The summed E-state index contributed by atoms with van der Waals surface area (Å²) in [5.41, 5.74) is 3.21. The molecule has 0 bridgehead atoms. The number of aromatic nitrogens is 1. The zero-order chi connectivity index (χ0) is 14.3. The van der Waals surface area contributed by atoms with Crippen molar-refractivity contribution in [2.45, 2.75) is 20.0 Å². The number of aryl methyl sites for hydroxylation is 2. The van der Waals surface area contributed by atoms with Gasteiger partial charge in [-0.1, -0.05) is 18.2 Å². The van der Waals surface area contributed by atoms with Gasteiger partial charge in [0, 0.05) is 11.1 Å². The molecule has 2 heterocycles. The van der Waals surface area contributed by atoms with Crippen LogP contribution in [0.15, 0.2) is 24.3 Å². The minimum atomic E-state index is -0.616. The first-order valence-electron chi connectivity index (χ1n) is 6.56. The zero-order valence-electron chi connectivity index (χ0n) is 11.5. The number of para-hydroxylation sites is 1. The lowest BCUT2D eigenvalue weighted by Crippen LogP contribution is -2.28. The Kier molecular flexibility index (Phi) is 3.16. The highest BCUT2D eigenvalue weighted by atomic mass is 16.7. The van der Waals surface area contributed by atoms with E-state index in [2.05, 4.69) is 4.98 Å². The fourth-order valence-electron chi connectivity index (χ4n) is 2.45. The first-order valence-corrected chi connectivity index (χ1v) is 6.56. The largest absolute Gasteiger partial charge is 0.389 e. The third-order valence-corrected chi connectivity index (χ3v) is 3.43. The fourth-order valence-corrected chi connectivity index (χ4v) is 2.45. The van der Waals surface area contributed by atoms with Gasteiger partial charge in [0.25, 0.3) is 5.91 Å². The molecule has 0 unspecified atom stereocenters. The van der Waals surface area contributed by atoms with Crippen LogP contribution in [0.2, 0.25) is 0 Å². The number of amides is 1. The number of benzene rings is 1. The van der Waals surface area contributed by atoms with Crippen molar-refractivity contribution < 1.29 is 14.7 Å². The van der Waals surface area contributed by atoms with E-state index in [1.165, 1.54) is 5.06 Å². The number of β-amino-alcohol motifs (C(OH)–C–C–N with tert-alkyl or cyclic N) is 1. The molecule has 1 aromatic carbocycles. The monoisotopic (exact) mass is 272 g/mol. The molecule has 0 radical (unpaired) electrons. The van der Waals surface area contributed by atoms with Crippen molar-refractivity contribution in [3.63, 3.8) is 0 Å². The maximum atomic E-state index is 12.5. The van der Waals surface area contributed by atoms with Crippen LogP contribution in [0.1, 0.15) is 21.6 Å². The summed E-state index contributed by atoms with van der Waals surface area (Å²) in [6.07, 6.45) is -0.616. The van der Waals surface area contributed by atoms with Crippen molar-refractivity contribution in [1.82, 2.24) is 10.0 Å². The molecule has 1 aliphatic heterocycles. The van der Waals surface area contributed by atoms with Crippen molar-refractivity contribution in [3.8, 4) is 0 Å². The third kappa shape index (κ3) is 2.15. The van der Waals surface area contributed by atoms with Gasteiger partial charge in [0.2, 0.25) is 0 Å². The first kappa shape index (κ1) is 13.0. The number of aliphatic hydroxyl groups is 1. The van der Waals surface area contributed by atoms with E-state index >= 15 is 0 Å². The van der Waals surface area contributed by atoms with Crippen molar-refractivity contribution in [2.75, 3.05) is 13.2 Å². The SMILES string of the molecule is Cc1cc(C(=O)N2C[C@@H](O)CO2)c2cccc(C)c2n1. The van der Waals surface area contributed by atoms with Crippen molar-refractivity contribution in [2.24, 2.45) is 0 Å². The average Bonchev–Trinajstić information content (AvgIpc) is 2.85. The molecule has 0 saturated carbocycles. The molecule has 1 aliphatic rings. The summed E-state index contributed by atoms with van der Waals surface area (Å²) in [7, 11) is 0. The molecule has 5 nitrogen and oxygen atoms in total. The van der Waals surface area contributed by atoms with Crippen molar-refractivity contribution >= 4 is 16.8 Å². The number of hydrogen-bond donors (Lipinski definition) is 1. The van der Waals surface area contributed by atoms with E-state index in [-0.39, 0.29) is 19.1 Å². The second-order valence-electron chi connectivity index (χ2n) is 5.10. The van der Waals surface area contributed by atoms with Crippen LogP contribution >= 0.6 is 0 Å². The summed E-state index contributed by atoms with van der Waals surface area (Å²) < 4.78 is 0. The van der Waals surface area contributed by atoms with Crippen LogP contribution < -0.4 is 0 Å². The Morgan fingerprint density at radius 2 is 2.25 bits per heavy atom. The topological polar surface area (TPSA) is 62.7 Å². The Morgan fingerprint density at radius 3 is 2.95 bits per heavy atom. The Balaban J connectivity index is 2.11. The zero-order valence-corrected chi connectivity index (χ0v) is 11.5. The molecule has 1 saturated heterocycles. The van der Waals surface area contributed by atoms with Gasteiger partial charge in [-0.25, -0.2) is 5.06 Å². The Labute approximate surface area is 116 Å². The molecule has 104 valence electrons. The second-order valence-corrected chi connectivity index (χ2v) is 5.10. The van der Waals surface area contributed by atoms with E-state index < -0.39 is 6.10 Å². The van der Waals surface area contributed by atoms with Gasteiger partial charge in [-0.15, -0.1) is 0 Å². The van der Waals surface area contributed by atoms with E-state index in [0.29, 0.717) is 5.56 Å². The Morgan fingerprint density at radius 1 is 1.45 bits per heavy atom. The van der Waals surface area contributed by atoms with Crippen LogP contribution in [0.3, 0.4) is 0 Å². The number of hydrogen-bond acceptors (Lipinski definition) is 4. The van der Waals surface area contributed by atoms with Gasteiger partial charge in [0.05, 0.1) is 17.6 Å². The van der Waals surface area contributed by atoms with Crippen LogP contribution in [0.4, 0.5) is 0 Å². The van der Waals surface area contributed by atoms with Crippen LogP contribution in [0.5, 0.6) is 0 Å². The molecule has 1 amide bonds. The highest BCUT2D eigenvalue weighted by Crippen LogP contribution is 2.23. The van der Waals surface area contributed by atoms with E-state index in [0.717, 1.165) is 22.2 Å². The number of hydroxylamine groups is 2. The van der Waals surface area contributed by atoms with Gasteiger partial charge in [-0.2, -0.15) is 0 Å². The molecule has 2 aromatic rings. The third-order valence-electron chi connectivity index (χ3n) is 3.43. The summed E-state index contributed by atoms with van der Waals surface area (Å²) in [6.45, 7) is 4.20. The number of aliphatic hydroxyl groups excluding tert-OH is 1. The lowest BCUT2D eigenvalue weighted by atomic mass is 10.0. The van der Waals surface area contributed by atoms with E-state index in [1.807, 2.05) is 32.0 Å². The maximum absolute atomic E-state index is 12.5. The lowest BCUT2D eigenvalue weighted by Gasteiger charge is -2.16. The molecule has 0 spiro atoms. The van der Waals surface area contributed by atoms with Gasteiger partial charge < -0.3 is 5.11 Å². The summed E-state index contributed by atoms with van der Waals surface area (Å²) in [4.78, 5) is 22.2. The Hall–Kier alpha value is -1.98. The van der Waals surface area contributed by atoms with Gasteiger partial charge in [-0.3, -0.25) is 14.6 Å². The smallest absolute Gasteiger partial charge is 0.278 e. The van der Waals surface area contributed by atoms with Crippen molar-refractivity contribution in [1.29, 1.82) is 0 Å². The van der Waals surface area contributed by atoms with Crippen LogP contribution in [-0.4, -0.2) is 40.3 Å². The van der Waals surface area contributed by atoms with Crippen LogP contribution in [0, 0.1) is 13.8 Å². The minimum absolute atomic E-state index is 0.159. The standard InChI is InChI=1S/C15H16N2O3/c1-9-4-3-5-12-13(6-10(2)16-14(9)12)15(19)17-7-11(18)8-20-17/h3-6,11,18H,7-8H2,1-2H3/t11-/m1/s1. The Bertz CT molecular complexity index is 684. The quantitative estimate of drug-likeness (QED) is 0.856. The second kappa shape index (κ2) is 4.85. The fraction of sp³-hybridized carbons (Fsp3) is 0.333. The number of carbonyl (C=O) groups is 1. The molecular weight excluding hydrogens is 256 g/mol. The maximum Gasteiger partial charge on any atom is 0.278 e. The first-order chi connectivity index (χ1) is 9.56. The average molecular weight is 272 g/mol. The van der Waals surface area contributed by atoms with Crippen LogP contribution in [0.25, 0.3) is 10.9 Å². The van der Waals surface area contributed by atoms with E-state index in [9.17, 15) is 9.90 Å². The summed E-state index contributed by atoms with van der Waals surface area (Å²) in [5.74, 6) is -0.234. The number of rotatable bonds is 1. The molecule has 5 heteroatoms. The number of fused-ring (bicyclic) bond motifs is 1. The summed E-state index contributed by atoms with van der Waals surface area (Å²) in [5, 5.41) is 11.5. The van der Waals surface area contributed by atoms with Crippen LogP contribution in [-0.2, 0) is 4.84 Å². The number of carbonyl (C=O) groups excluding carboxylic acids is 1. The molecule has 0 aliphatic carbocycles. The van der Waals surface area contributed by atoms with Gasteiger partial charge >= 0.3 is 0 Å². The molecule has 20 heavy (non-hydrogen) atoms. The molecule has 1 fully saturated rings. The normalized spacial score (nSPS) is 18.8. The van der Waals surface area contributed by atoms with Gasteiger partial charge in [0.1, 0.15) is 12.7 Å². The van der Waals surface area contributed by atoms with E-state index in [1.54, 1.807) is 6.07 Å². The molecule has 1 atom stereocenters. The van der Waals surface area contributed by atoms with Gasteiger partial charge in [-0.05, 0) is 25.5 Å².